The minimum atomic E-state index is -0.180. The average molecular weight is 436 g/mol. The van der Waals surface area contributed by atoms with Crippen molar-refractivity contribution in [2.45, 2.75) is 77.0 Å². The van der Waals surface area contributed by atoms with Crippen LogP contribution in [0.15, 0.2) is 11.4 Å². The standard InChI is InChI=1S/C24H42FN5O/c1-3-8-26-9-4-10-28-24(31)23-29-14-19-13-18(15-30(19)23)20-7-11-27-22(20)17-5-6-21(25)16(2)12-17/h17-20,22-23,26-27,29H,3-15H2,1-2H3,(H,28,31). The summed E-state index contributed by atoms with van der Waals surface area (Å²) < 4.78 is 13.9. The summed E-state index contributed by atoms with van der Waals surface area (Å²) in [6, 6.07) is 0.975. The molecule has 0 radical (unpaired) electrons. The maximum Gasteiger partial charge on any atom is 0.252 e. The molecule has 4 aliphatic rings. The third kappa shape index (κ3) is 5.32. The number of rotatable bonds is 9. The summed E-state index contributed by atoms with van der Waals surface area (Å²) in [4.78, 5) is 15.2. The molecule has 6 unspecified atom stereocenters. The molecule has 3 aliphatic heterocycles. The first kappa shape index (κ1) is 23.1. The van der Waals surface area contributed by atoms with Crippen LogP contribution in [0.25, 0.3) is 0 Å². The van der Waals surface area contributed by atoms with Gasteiger partial charge in [-0.25, -0.2) is 4.39 Å². The van der Waals surface area contributed by atoms with Gasteiger partial charge in [0.05, 0.1) is 5.83 Å². The SMILES string of the molecule is CCCNCCCNC(=O)C1NCC2CC(C3CCNC3C3CCC(F)=C(C)C3)CN21. The molecule has 176 valence electrons. The van der Waals surface area contributed by atoms with Crippen LogP contribution in [-0.2, 0) is 4.79 Å². The predicted molar refractivity (Wildman–Crippen MR) is 122 cm³/mol. The average Bonchev–Trinajstić information content (AvgIpc) is 3.47. The minimum absolute atomic E-state index is 0.119. The van der Waals surface area contributed by atoms with Crippen LogP contribution in [-0.4, -0.2) is 68.3 Å². The molecule has 0 saturated carbocycles. The van der Waals surface area contributed by atoms with Gasteiger partial charge in [0.15, 0.2) is 0 Å². The number of halogens is 1. The van der Waals surface area contributed by atoms with Crippen LogP contribution in [0.5, 0.6) is 0 Å². The lowest BCUT2D eigenvalue weighted by molar-refractivity contribution is -0.126. The van der Waals surface area contributed by atoms with Gasteiger partial charge in [-0.3, -0.25) is 15.0 Å². The topological polar surface area (TPSA) is 68.4 Å². The third-order valence-corrected chi connectivity index (χ3v) is 8.07. The molecule has 3 saturated heterocycles. The molecule has 6 atom stereocenters. The highest BCUT2D eigenvalue weighted by molar-refractivity contribution is 5.81. The van der Waals surface area contributed by atoms with Crippen LogP contribution in [0, 0.1) is 17.8 Å². The lowest BCUT2D eigenvalue weighted by Crippen LogP contribution is -2.50. The number of hydrogen-bond acceptors (Lipinski definition) is 5. The van der Waals surface area contributed by atoms with E-state index in [0.717, 1.165) is 70.5 Å². The Balaban J connectivity index is 1.28. The second-order valence-corrected chi connectivity index (χ2v) is 10.2. The fourth-order valence-electron chi connectivity index (χ4n) is 6.47. The molecule has 0 spiro atoms. The molecule has 3 fully saturated rings. The number of carbonyl (C=O) groups excluding carboxylic acids is 1. The number of allylic oxidation sites excluding steroid dienone is 2. The van der Waals surface area contributed by atoms with Crippen molar-refractivity contribution in [2.75, 3.05) is 39.3 Å². The molecule has 3 heterocycles. The maximum absolute atomic E-state index is 13.9. The summed E-state index contributed by atoms with van der Waals surface area (Å²) in [6.07, 6.45) is 6.80. The van der Waals surface area contributed by atoms with Gasteiger partial charge in [0, 0.05) is 31.7 Å². The van der Waals surface area contributed by atoms with Gasteiger partial charge in [-0.05, 0) is 94.8 Å². The van der Waals surface area contributed by atoms with E-state index in [1.807, 2.05) is 6.92 Å². The molecular weight excluding hydrogens is 393 g/mol. The summed E-state index contributed by atoms with van der Waals surface area (Å²) in [7, 11) is 0. The Bertz CT molecular complexity index is 656. The summed E-state index contributed by atoms with van der Waals surface area (Å²) in [5.74, 6) is 2.09. The van der Waals surface area contributed by atoms with E-state index in [4.69, 9.17) is 0 Å². The largest absolute Gasteiger partial charge is 0.354 e. The lowest BCUT2D eigenvalue weighted by atomic mass is 9.74. The van der Waals surface area contributed by atoms with Gasteiger partial charge >= 0.3 is 0 Å². The molecular formula is C24H42FN5O. The zero-order valence-electron chi connectivity index (χ0n) is 19.4. The summed E-state index contributed by atoms with van der Waals surface area (Å²) in [5, 5.41) is 13.7. The van der Waals surface area contributed by atoms with E-state index in [-0.39, 0.29) is 17.9 Å². The molecule has 31 heavy (non-hydrogen) atoms. The molecule has 0 aromatic carbocycles. The van der Waals surface area contributed by atoms with Crippen LogP contribution in [0.4, 0.5) is 4.39 Å². The van der Waals surface area contributed by atoms with E-state index < -0.39 is 0 Å². The van der Waals surface area contributed by atoms with E-state index in [1.165, 1.54) is 12.8 Å². The monoisotopic (exact) mass is 435 g/mol. The maximum atomic E-state index is 13.9. The van der Waals surface area contributed by atoms with Crippen LogP contribution in [0.1, 0.15) is 58.8 Å². The van der Waals surface area contributed by atoms with Gasteiger partial charge in [0.2, 0.25) is 0 Å². The molecule has 0 bridgehead atoms. The molecule has 4 rings (SSSR count). The van der Waals surface area contributed by atoms with E-state index >= 15 is 0 Å². The lowest BCUT2D eigenvalue weighted by Gasteiger charge is -2.34. The zero-order valence-corrected chi connectivity index (χ0v) is 19.4. The van der Waals surface area contributed by atoms with Crippen molar-refractivity contribution in [3.8, 4) is 0 Å². The van der Waals surface area contributed by atoms with Gasteiger partial charge in [-0.2, -0.15) is 0 Å². The van der Waals surface area contributed by atoms with Gasteiger partial charge in [-0.1, -0.05) is 6.92 Å². The zero-order chi connectivity index (χ0) is 21.8. The number of fused-ring (bicyclic) bond motifs is 1. The van der Waals surface area contributed by atoms with Gasteiger partial charge in [-0.15, -0.1) is 0 Å². The van der Waals surface area contributed by atoms with Gasteiger partial charge in [0.25, 0.3) is 5.91 Å². The van der Waals surface area contributed by atoms with Crippen molar-refractivity contribution < 1.29 is 9.18 Å². The van der Waals surface area contributed by atoms with Crippen molar-refractivity contribution in [1.29, 1.82) is 0 Å². The second-order valence-electron chi connectivity index (χ2n) is 10.2. The number of amides is 1. The van der Waals surface area contributed by atoms with Crippen molar-refractivity contribution in [3.63, 3.8) is 0 Å². The number of hydrogen-bond donors (Lipinski definition) is 4. The highest BCUT2D eigenvalue weighted by Crippen LogP contribution is 2.42. The van der Waals surface area contributed by atoms with Crippen LogP contribution >= 0.6 is 0 Å². The van der Waals surface area contributed by atoms with Crippen molar-refractivity contribution in [1.82, 2.24) is 26.2 Å². The Morgan fingerprint density at radius 3 is 2.87 bits per heavy atom. The Hall–Kier alpha value is -1.02. The molecule has 4 N–H and O–H groups in total. The number of nitrogens with one attached hydrogen (secondary N) is 4. The second kappa shape index (κ2) is 10.7. The summed E-state index contributed by atoms with van der Waals surface area (Å²) in [5.41, 5.74) is 0.960. The molecule has 1 amide bonds. The first-order chi connectivity index (χ1) is 15.1. The van der Waals surface area contributed by atoms with Crippen molar-refractivity contribution in [3.05, 3.63) is 11.4 Å². The fraction of sp³-hybridized carbons (Fsp3) is 0.875. The van der Waals surface area contributed by atoms with Gasteiger partial charge < -0.3 is 16.0 Å². The number of nitrogens with zero attached hydrogens (tertiary/aromatic N) is 1. The number of carbonyl (C=O) groups is 1. The summed E-state index contributed by atoms with van der Waals surface area (Å²) >= 11 is 0. The normalized spacial score (nSPS) is 36.2. The predicted octanol–water partition coefficient (Wildman–Crippen LogP) is 2.13. The highest BCUT2D eigenvalue weighted by atomic mass is 19.1. The van der Waals surface area contributed by atoms with Crippen LogP contribution in [0.2, 0.25) is 0 Å². The molecule has 0 aromatic heterocycles. The third-order valence-electron chi connectivity index (χ3n) is 8.07. The molecule has 7 heteroatoms. The van der Waals surface area contributed by atoms with E-state index in [0.29, 0.717) is 36.3 Å². The Labute approximate surface area is 187 Å². The van der Waals surface area contributed by atoms with Crippen LogP contribution in [0.3, 0.4) is 0 Å². The summed E-state index contributed by atoms with van der Waals surface area (Å²) in [6.45, 7) is 9.85. The molecule has 1 aliphatic carbocycles. The first-order valence-electron chi connectivity index (χ1n) is 12.6. The molecule has 0 aromatic rings. The first-order valence-corrected chi connectivity index (χ1v) is 12.6. The van der Waals surface area contributed by atoms with Gasteiger partial charge in [0.1, 0.15) is 6.17 Å². The van der Waals surface area contributed by atoms with E-state index in [1.54, 1.807) is 0 Å². The minimum Gasteiger partial charge on any atom is -0.354 e. The van der Waals surface area contributed by atoms with E-state index in [9.17, 15) is 9.18 Å². The Kier molecular flexibility index (Phi) is 8.01. The van der Waals surface area contributed by atoms with E-state index in [2.05, 4.69) is 33.1 Å². The fourth-order valence-corrected chi connectivity index (χ4v) is 6.47. The Morgan fingerprint density at radius 2 is 2.06 bits per heavy atom. The Morgan fingerprint density at radius 1 is 1.19 bits per heavy atom. The van der Waals surface area contributed by atoms with Crippen molar-refractivity contribution in [2.24, 2.45) is 17.8 Å². The smallest absolute Gasteiger partial charge is 0.252 e. The highest BCUT2D eigenvalue weighted by Gasteiger charge is 2.48. The van der Waals surface area contributed by atoms with Crippen LogP contribution < -0.4 is 21.3 Å². The van der Waals surface area contributed by atoms with Crippen molar-refractivity contribution >= 4 is 5.91 Å². The quantitative estimate of drug-likeness (QED) is 0.418. The molecule has 6 nitrogen and oxygen atoms in total.